The van der Waals surface area contributed by atoms with Gasteiger partial charge in [-0.05, 0) is 80.6 Å². The molecule has 1 nitrogen and oxygen atoms in total. The first-order chi connectivity index (χ1) is 8.43. The van der Waals surface area contributed by atoms with Crippen LogP contribution in [0.2, 0.25) is 0 Å². The van der Waals surface area contributed by atoms with E-state index in [0.29, 0.717) is 0 Å². The minimum Gasteiger partial charge on any atom is -0.316 e. The molecule has 0 spiro atoms. The van der Waals surface area contributed by atoms with Gasteiger partial charge in [-0.3, -0.25) is 0 Å². The van der Waals surface area contributed by atoms with Crippen LogP contribution >= 0.6 is 0 Å². The van der Waals surface area contributed by atoms with Crippen molar-refractivity contribution in [2.24, 2.45) is 5.92 Å². The molecule has 1 heteroatoms. The average Bonchev–Trinajstić information content (AvgIpc) is 2.40. The fourth-order valence-corrected chi connectivity index (χ4v) is 3.46. The average molecular weight is 229 g/mol. The predicted octanol–water partition coefficient (Wildman–Crippen LogP) is 3.11. The SMILES string of the molecule is c1cc2c(c(CC3CCCNC3)c1)CCCC2. The Kier molecular flexibility index (Phi) is 3.46. The highest BCUT2D eigenvalue weighted by Gasteiger charge is 2.17. The van der Waals surface area contributed by atoms with Crippen molar-refractivity contribution in [3.63, 3.8) is 0 Å². The summed E-state index contributed by atoms with van der Waals surface area (Å²) in [6.45, 7) is 2.45. The first-order valence-corrected chi connectivity index (χ1v) is 7.24. The standard InChI is InChI=1S/C16H23N/c1-2-9-16-14(6-1)7-3-8-15(16)11-13-5-4-10-17-12-13/h3,7-8,13,17H,1-2,4-6,9-12H2. The van der Waals surface area contributed by atoms with Gasteiger partial charge < -0.3 is 5.32 Å². The zero-order chi connectivity index (χ0) is 11.5. The summed E-state index contributed by atoms with van der Waals surface area (Å²) in [7, 11) is 0. The molecule has 1 aromatic rings. The van der Waals surface area contributed by atoms with E-state index in [1.807, 2.05) is 0 Å². The molecule has 0 aromatic heterocycles. The molecule has 3 rings (SSSR count). The third kappa shape index (κ3) is 2.55. The van der Waals surface area contributed by atoms with E-state index in [0.717, 1.165) is 5.92 Å². The third-order valence-electron chi connectivity index (χ3n) is 4.40. The number of benzene rings is 1. The van der Waals surface area contributed by atoms with E-state index in [1.54, 1.807) is 16.7 Å². The fraction of sp³-hybridized carbons (Fsp3) is 0.625. The van der Waals surface area contributed by atoms with Gasteiger partial charge in [0, 0.05) is 0 Å². The van der Waals surface area contributed by atoms with Crippen LogP contribution in [0.1, 0.15) is 42.4 Å². The number of fused-ring (bicyclic) bond motifs is 1. The van der Waals surface area contributed by atoms with E-state index >= 15 is 0 Å². The second kappa shape index (κ2) is 5.22. The van der Waals surface area contributed by atoms with Crippen LogP contribution in [0.4, 0.5) is 0 Å². The van der Waals surface area contributed by atoms with E-state index in [2.05, 4.69) is 23.5 Å². The Bertz CT molecular complexity index is 377. The van der Waals surface area contributed by atoms with Gasteiger partial charge in [-0.15, -0.1) is 0 Å². The van der Waals surface area contributed by atoms with Gasteiger partial charge in [-0.1, -0.05) is 18.2 Å². The first kappa shape index (κ1) is 11.3. The van der Waals surface area contributed by atoms with E-state index in [9.17, 15) is 0 Å². The smallest absolute Gasteiger partial charge is 0.00173 e. The molecule has 0 bridgehead atoms. The molecule has 1 unspecified atom stereocenters. The zero-order valence-corrected chi connectivity index (χ0v) is 10.7. The van der Waals surface area contributed by atoms with Crippen LogP contribution in [-0.4, -0.2) is 13.1 Å². The number of hydrogen-bond acceptors (Lipinski definition) is 1. The molecular weight excluding hydrogens is 206 g/mol. The molecule has 92 valence electrons. The molecule has 1 heterocycles. The lowest BCUT2D eigenvalue weighted by atomic mass is 9.83. The second-order valence-corrected chi connectivity index (χ2v) is 5.68. The van der Waals surface area contributed by atoms with Crippen molar-refractivity contribution < 1.29 is 0 Å². The quantitative estimate of drug-likeness (QED) is 0.821. The van der Waals surface area contributed by atoms with Crippen LogP contribution in [0, 0.1) is 5.92 Å². The maximum atomic E-state index is 3.54. The predicted molar refractivity (Wildman–Crippen MR) is 72.4 cm³/mol. The third-order valence-corrected chi connectivity index (χ3v) is 4.40. The molecule has 0 saturated carbocycles. The number of rotatable bonds is 2. The van der Waals surface area contributed by atoms with Crippen LogP contribution in [-0.2, 0) is 19.3 Å². The summed E-state index contributed by atoms with van der Waals surface area (Å²) in [4.78, 5) is 0. The molecule has 1 saturated heterocycles. The topological polar surface area (TPSA) is 12.0 Å². The zero-order valence-electron chi connectivity index (χ0n) is 10.7. The van der Waals surface area contributed by atoms with E-state index in [1.165, 1.54) is 58.0 Å². The van der Waals surface area contributed by atoms with Crippen molar-refractivity contribution >= 4 is 0 Å². The van der Waals surface area contributed by atoms with Crippen molar-refractivity contribution in [3.8, 4) is 0 Å². The van der Waals surface area contributed by atoms with Crippen molar-refractivity contribution in [3.05, 3.63) is 34.9 Å². The molecule has 2 aliphatic rings. The maximum Gasteiger partial charge on any atom is -0.00173 e. The van der Waals surface area contributed by atoms with Gasteiger partial charge >= 0.3 is 0 Å². The van der Waals surface area contributed by atoms with Gasteiger partial charge in [0.1, 0.15) is 0 Å². The minimum absolute atomic E-state index is 0.872. The van der Waals surface area contributed by atoms with Crippen LogP contribution in [0.25, 0.3) is 0 Å². The van der Waals surface area contributed by atoms with Crippen molar-refractivity contribution in [2.45, 2.75) is 44.9 Å². The van der Waals surface area contributed by atoms with E-state index in [4.69, 9.17) is 0 Å². The van der Waals surface area contributed by atoms with Gasteiger partial charge in [0.25, 0.3) is 0 Å². The summed E-state index contributed by atoms with van der Waals surface area (Å²) in [6.07, 6.45) is 9.50. The monoisotopic (exact) mass is 229 g/mol. The molecule has 0 amide bonds. The number of hydrogen-bond donors (Lipinski definition) is 1. The Morgan fingerprint density at radius 3 is 2.94 bits per heavy atom. The van der Waals surface area contributed by atoms with Gasteiger partial charge in [0.05, 0.1) is 0 Å². The molecule has 1 fully saturated rings. The summed E-state index contributed by atoms with van der Waals surface area (Å²) in [6, 6.07) is 6.99. The summed E-state index contributed by atoms with van der Waals surface area (Å²) in [5.41, 5.74) is 4.98. The molecule has 0 radical (unpaired) electrons. The van der Waals surface area contributed by atoms with Gasteiger partial charge in [-0.25, -0.2) is 0 Å². The van der Waals surface area contributed by atoms with Crippen LogP contribution < -0.4 is 5.32 Å². The Balaban J connectivity index is 1.77. The lowest BCUT2D eigenvalue weighted by molar-refractivity contribution is 0.375. The van der Waals surface area contributed by atoms with Crippen molar-refractivity contribution in [1.29, 1.82) is 0 Å². The highest BCUT2D eigenvalue weighted by atomic mass is 14.9. The lowest BCUT2D eigenvalue weighted by Crippen LogP contribution is -2.31. The van der Waals surface area contributed by atoms with Crippen LogP contribution in [0.3, 0.4) is 0 Å². The first-order valence-electron chi connectivity index (χ1n) is 7.24. The molecule has 1 aliphatic carbocycles. The molecule has 1 atom stereocenters. The summed E-state index contributed by atoms with van der Waals surface area (Å²) in [5.74, 6) is 0.872. The van der Waals surface area contributed by atoms with Gasteiger partial charge in [0.2, 0.25) is 0 Å². The largest absolute Gasteiger partial charge is 0.316 e. The van der Waals surface area contributed by atoms with Gasteiger partial charge in [0.15, 0.2) is 0 Å². The Hall–Kier alpha value is -0.820. The van der Waals surface area contributed by atoms with Crippen LogP contribution in [0.15, 0.2) is 18.2 Å². The molecular formula is C16H23N. The lowest BCUT2D eigenvalue weighted by Gasteiger charge is -2.25. The molecule has 1 N–H and O–H groups in total. The second-order valence-electron chi connectivity index (χ2n) is 5.68. The maximum absolute atomic E-state index is 3.54. The van der Waals surface area contributed by atoms with Gasteiger partial charge in [-0.2, -0.15) is 0 Å². The highest BCUT2D eigenvalue weighted by molar-refractivity contribution is 5.37. The molecule has 1 aromatic carbocycles. The summed E-state index contributed by atoms with van der Waals surface area (Å²) in [5, 5.41) is 3.54. The van der Waals surface area contributed by atoms with E-state index < -0.39 is 0 Å². The Morgan fingerprint density at radius 2 is 2.06 bits per heavy atom. The number of nitrogens with one attached hydrogen (secondary N) is 1. The Labute approximate surface area is 105 Å². The molecule has 1 aliphatic heterocycles. The van der Waals surface area contributed by atoms with Crippen molar-refractivity contribution in [2.75, 3.05) is 13.1 Å². The molecule has 17 heavy (non-hydrogen) atoms. The fourth-order valence-electron chi connectivity index (χ4n) is 3.46. The summed E-state index contributed by atoms with van der Waals surface area (Å²) < 4.78 is 0. The normalized spacial score (nSPS) is 24.4. The number of piperidine rings is 1. The highest BCUT2D eigenvalue weighted by Crippen LogP contribution is 2.27. The Morgan fingerprint density at radius 1 is 1.12 bits per heavy atom. The van der Waals surface area contributed by atoms with Crippen molar-refractivity contribution in [1.82, 2.24) is 5.32 Å². The van der Waals surface area contributed by atoms with Crippen LogP contribution in [0.5, 0.6) is 0 Å². The minimum atomic E-state index is 0.872. The summed E-state index contributed by atoms with van der Waals surface area (Å²) >= 11 is 0. The number of aryl methyl sites for hydroxylation is 1. The van der Waals surface area contributed by atoms with E-state index in [-0.39, 0.29) is 0 Å².